The van der Waals surface area contributed by atoms with Crippen molar-refractivity contribution in [2.75, 3.05) is 7.05 Å². The van der Waals surface area contributed by atoms with Crippen molar-refractivity contribution in [2.24, 2.45) is 5.41 Å². The van der Waals surface area contributed by atoms with E-state index in [0.29, 0.717) is 11.9 Å². The van der Waals surface area contributed by atoms with E-state index in [2.05, 4.69) is 48.4 Å². The van der Waals surface area contributed by atoms with Gasteiger partial charge in [-0.15, -0.1) is 11.8 Å². The van der Waals surface area contributed by atoms with Crippen molar-refractivity contribution in [3.8, 4) is 0 Å². The second-order valence-corrected chi connectivity index (χ2v) is 7.17. The Bertz CT molecular complexity index is 548. The Morgan fingerprint density at radius 1 is 1.24 bits per heavy atom. The molecule has 0 radical (unpaired) electrons. The maximum Gasteiger partial charge on any atom is 0.228 e. The SMILES string of the molecule is CNC(Cc1nc(CSc2ccccc2)no1)C(C)(C)C. The Labute approximate surface area is 130 Å². The summed E-state index contributed by atoms with van der Waals surface area (Å²) >= 11 is 1.72. The summed E-state index contributed by atoms with van der Waals surface area (Å²) < 4.78 is 5.37. The van der Waals surface area contributed by atoms with Crippen molar-refractivity contribution in [1.82, 2.24) is 15.5 Å². The molecular formula is C16H23N3OS. The smallest absolute Gasteiger partial charge is 0.228 e. The summed E-state index contributed by atoms with van der Waals surface area (Å²) in [6.45, 7) is 6.62. The van der Waals surface area contributed by atoms with Gasteiger partial charge in [-0.2, -0.15) is 4.98 Å². The van der Waals surface area contributed by atoms with Crippen molar-refractivity contribution in [1.29, 1.82) is 0 Å². The lowest BCUT2D eigenvalue weighted by Gasteiger charge is -2.29. The van der Waals surface area contributed by atoms with Crippen molar-refractivity contribution in [3.63, 3.8) is 0 Å². The highest BCUT2D eigenvalue weighted by Crippen LogP contribution is 2.23. The van der Waals surface area contributed by atoms with E-state index in [4.69, 9.17) is 4.52 Å². The molecule has 0 spiro atoms. The molecule has 0 fully saturated rings. The van der Waals surface area contributed by atoms with Gasteiger partial charge in [0.2, 0.25) is 5.89 Å². The zero-order chi connectivity index (χ0) is 15.3. The van der Waals surface area contributed by atoms with E-state index in [0.717, 1.165) is 18.0 Å². The molecule has 0 amide bonds. The Hall–Kier alpha value is -1.33. The first-order valence-corrected chi connectivity index (χ1v) is 8.14. The summed E-state index contributed by atoms with van der Waals surface area (Å²) in [4.78, 5) is 5.70. The van der Waals surface area contributed by atoms with Crippen LogP contribution in [-0.4, -0.2) is 23.2 Å². The molecular weight excluding hydrogens is 282 g/mol. The van der Waals surface area contributed by atoms with Gasteiger partial charge in [0.05, 0.1) is 5.75 Å². The number of hydrogen-bond acceptors (Lipinski definition) is 5. The number of aromatic nitrogens is 2. The summed E-state index contributed by atoms with van der Waals surface area (Å²) in [5, 5.41) is 7.39. The Balaban J connectivity index is 1.92. The van der Waals surface area contributed by atoms with Crippen LogP contribution >= 0.6 is 11.8 Å². The van der Waals surface area contributed by atoms with Gasteiger partial charge >= 0.3 is 0 Å². The molecule has 4 nitrogen and oxygen atoms in total. The van der Waals surface area contributed by atoms with Gasteiger partial charge in [0, 0.05) is 17.4 Å². The molecule has 1 heterocycles. The third-order valence-corrected chi connectivity index (χ3v) is 4.40. The number of likely N-dealkylation sites (N-methyl/N-ethyl adjacent to an activating group) is 1. The first-order valence-electron chi connectivity index (χ1n) is 7.15. The van der Waals surface area contributed by atoms with Crippen molar-refractivity contribution < 1.29 is 4.52 Å². The van der Waals surface area contributed by atoms with Crippen LogP contribution in [0.4, 0.5) is 0 Å². The minimum atomic E-state index is 0.155. The van der Waals surface area contributed by atoms with Gasteiger partial charge in [-0.3, -0.25) is 0 Å². The molecule has 114 valence electrons. The predicted molar refractivity (Wildman–Crippen MR) is 86.3 cm³/mol. The lowest BCUT2D eigenvalue weighted by atomic mass is 9.85. The van der Waals surface area contributed by atoms with Crippen LogP contribution in [0.15, 0.2) is 39.8 Å². The van der Waals surface area contributed by atoms with Crippen LogP contribution in [-0.2, 0) is 12.2 Å². The molecule has 1 unspecified atom stereocenters. The maximum absolute atomic E-state index is 5.37. The van der Waals surface area contributed by atoms with E-state index >= 15 is 0 Å². The van der Waals surface area contributed by atoms with Gasteiger partial charge in [0.15, 0.2) is 5.82 Å². The van der Waals surface area contributed by atoms with Gasteiger partial charge in [-0.1, -0.05) is 44.1 Å². The number of hydrogen-bond donors (Lipinski definition) is 1. The van der Waals surface area contributed by atoms with Crippen LogP contribution in [0.25, 0.3) is 0 Å². The zero-order valence-corrected chi connectivity index (χ0v) is 13.9. The highest BCUT2D eigenvalue weighted by atomic mass is 32.2. The minimum absolute atomic E-state index is 0.155. The Morgan fingerprint density at radius 3 is 2.57 bits per heavy atom. The second kappa shape index (κ2) is 7.09. The van der Waals surface area contributed by atoms with Crippen molar-refractivity contribution in [3.05, 3.63) is 42.0 Å². The van der Waals surface area contributed by atoms with Gasteiger partial charge in [0.25, 0.3) is 0 Å². The quantitative estimate of drug-likeness (QED) is 0.827. The van der Waals surface area contributed by atoms with E-state index in [1.807, 2.05) is 25.2 Å². The van der Waals surface area contributed by atoms with Crippen LogP contribution in [0.5, 0.6) is 0 Å². The van der Waals surface area contributed by atoms with E-state index in [1.165, 1.54) is 4.90 Å². The number of rotatable bonds is 6. The molecule has 1 aromatic carbocycles. The molecule has 2 rings (SSSR count). The van der Waals surface area contributed by atoms with Crippen LogP contribution < -0.4 is 5.32 Å². The predicted octanol–water partition coefficient (Wildman–Crippen LogP) is 3.54. The molecule has 1 aromatic heterocycles. The van der Waals surface area contributed by atoms with E-state index in [-0.39, 0.29) is 5.41 Å². The first-order chi connectivity index (χ1) is 9.99. The van der Waals surface area contributed by atoms with Crippen molar-refractivity contribution in [2.45, 2.75) is 43.9 Å². The maximum atomic E-state index is 5.37. The van der Waals surface area contributed by atoms with E-state index in [1.54, 1.807) is 11.8 Å². The average Bonchev–Trinajstić information content (AvgIpc) is 2.90. The summed E-state index contributed by atoms with van der Waals surface area (Å²) in [6.07, 6.45) is 0.753. The standard InChI is InChI=1S/C16H23N3OS/c1-16(2,3)13(17-4)10-15-18-14(19-20-15)11-21-12-8-6-5-7-9-12/h5-9,13,17H,10-11H2,1-4H3. The lowest BCUT2D eigenvalue weighted by Crippen LogP contribution is -2.39. The molecule has 21 heavy (non-hydrogen) atoms. The van der Waals surface area contributed by atoms with Crippen LogP contribution in [0.1, 0.15) is 32.5 Å². The van der Waals surface area contributed by atoms with Gasteiger partial charge in [-0.05, 0) is 24.6 Å². The number of benzene rings is 1. The molecule has 5 heteroatoms. The minimum Gasteiger partial charge on any atom is -0.339 e. The second-order valence-electron chi connectivity index (χ2n) is 6.12. The van der Waals surface area contributed by atoms with Gasteiger partial charge < -0.3 is 9.84 Å². The number of nitrogens with zero attached hydrogens (tertiary/aromatic N) is 2. The fourth-order valence-corrected chi connectivity index (χ4v) is 2.87. The van der Waals surface area contributed by atoms with E-state index in [9.17, 15) is 0 Å². The topological polar surface area (TPSA) is 51.0 Å². The van der Waals surface area contributed by atoms with E-state index < -0.39 is 0 Å². The fraction of sp³-hybridized carbons (Fsp3) is 0.500. The Kier molecular flexibility index (Phi) is 5.42. The number of thioether (sulfide) groups is 1. The largest absolute Gasteiger partial charge is 0.339 e. The monoisotopic (exact) mass is 305 g/mol. The summed E-state index contributed by atoms with van der Waals surface area (Å²) in [5.74, 6) is 2.18. The molecule has 0 saturated heterocycles. The highest BCUT2D eigenvalue weighted by Gasteiger charge is 2.25. The van der Waals surface area contributed by atoms with Gasteiger partial charge in [0.1, 0.15) is 0 Å². The Morgan fingerprint density at radius 2 is 1.95 bits per heavy atom. The summed E-state index contributed by atoms with van der Waals surface area (Å²) in [6, 6.07) is 10.6. The molecule has 0 aliphatic heterocycles. The highest BCUT2D eigenvalue weighted by molar-refractivity contribution is 7.98. The van der Waals surface area contributed by atoms with Crippen molar-refractivity contribution >= 4 is 11.8 Å². The molecule has 1 N–H and O–H groups in total. The van der Waals surface area contributed by atoms with Crippen LogP contribution in [0, 0.1) is 5.41 Å². The third kappa shape index (κ3) is 4.86. The van der Waals surface area contributed by atoms with Gasteiger partial charge in [-0.25, -0.2) is 0 Å². The fourth-order valence-electron chi connectivity index (χ4n) is 2.11. The molecule has 0 bridgehead atoms. The molecule has 0 saturated carbocycles. The molecule has 0 aliphatic carbocycles. The third-order valence-electron chi connectivity index (χ3n) is 3.39. The van der Waals surface area contributed by atoms with Crippen LogP contribution in [0.3, 0.4) is 0 Å². The molecule has 0 aliphatic rings. The summed E-state index contributed by atoms with van der Waals surface area (Å²) in [7, 11) is 1.97. The lowest BCUT2D eigenvalue weighted by molar-refractivity contribution is 0.255. The molecule has 1 atom stereocenters. The molecule has 2 aromatic rings. The first kappa shape index (κ1) is 16.0. The zero-order valence-electron chi connectivity index (χ0n) is 13.1. The summed E-state index contributed by atoms with van der Waals surface area (Å²) in [5.41, 5.74) is 0.155. The average molecular weight is 305 g/mol. The number of nitrogens with one attached hydrogen (secondary N) is 1. The van der Waals surface area contributed by atoms with Crippen LogP contribution in [0.2, 0.25) is 0 Å². The normalized spacial score (nSPS) is 13.3.